The van der Waals surface area contributed by atoms with Crippen LogP contribution in [0.3, 0.4) is 0 Å². The Morgan fingerprint density at radius 2 is 1.40 bits per heavy atom. The van der Waals surface area contributed by atoms with Gasteiger partial charge in [0.25, 0.3) is 11.8 Å². The molecule has 0 bridgehead atoms. The van der Waals surface area contributed by atoms with E-state index in [1.807, 2.05) is 0 Å². The Balaban J connectivity index is 1.74. The highest BCUT2D eigenvalue weighted by molar-refractivity contribution is 7.92. The Hall–Kier alpha value is -2.81. The quantitative estimate of drug-likeness (QED) is 0.821. The molecule has 130 valence electrons. The SMILES string of the molecule is O=C1c2ccccc2C(=O)N1CCS(=O)(=O)Nc1c(F)cccc1F. The Labute approximate surface area is 142 Å². The van der Waals surface area contributed by atoms with Crippen molar-refractivity contribution >= 4 is 27.5 Å². The van der Waals surface area contributed by atoms with Crippen molar-refractivity contribution in [1.29, 1.82) is 0 Å². The number of nitrogens with zero attached hydrogens (tertiary/aromatic N) is 1. The van der Waals surface area contributed by atoms with Gasteiger partial charge in [0.05, 0.1) is 16.9 Å². The second kappa shape index (κ2) is 6.25. The predicted molar refractivity (Wildman–Crippen MR) is 85.6 cm³/mol. The zero-order chi connectivity index (χ0) is 18.2. The molecule has 0 atom stereocenters. The van der Waals surface area contributed by atoms with Gasteiger partial charge in [0.2, 0.25) is 10.0 Å². The average molecular weight is 366 g/mol. The first-order valence-electron chi connectivity index (χ1n) is 7.20. The van der Waals surface area contributed by atoms with Crippen molar-refractivity contribution in [1.82, 2.24) is 4.90 Å². The third kappa shape index (κ3) is 3.22. The number of rotatable bonds is 5. The first-order valence-corrected chi connectivity index (χ1v) is 8.85. The largest absolute Gasteiger partial charge is 0.278 e. The van der Waals surface area contributed by atoms with Gasteiger partial charge >= 0.3 is 0 Å². The molecule has 0 aliphatic carbocycles. The molecule has 9 heteroatoms. The third-order valence-corrected chi connectivity index (χ3v) is 4.92. The maximum absolute atomic E-state index is 13.5. The molecule has 1 heterocycles. The Bertz CT molecular complexity index is 921. The van der Waals surface area contributed by atoms with Crippen molar-refractivity contribution in [2.75, 3.05) is 17.0 Å². The highest BCUT2D eigenvalue weighted by Gasteiger charge is 2.35. The number of para-hydroxylation sites is 1. The number of halogens is 2. The highest BCUT2D eigenvalue weighted by Crippen LogP contribution is 2.23. The van der Waals surface area contributed by atoms with E-state index in [1.165, 1.54) is 12.1 Å². The van der Waals surface area contributed by atoms with Crippen LogP contribution >= 0.6 is 0 Å². The number of carbonyl (C=O) groups excluding carboxylic acids is 2. The van der Waals surface area contributed by atoms with Gasteiger partial charge in [-0.15, -0.1) is 0 Å². The van der Waals surface area contributed by atoms with Crippen LogP contribution in [0.1, 0.15) is 20.7 Å². The first-order chi connectivity index (χ1) is 11.8. The van der Waals surface area contributed by atoms with Gasteiger partial charge < -0.3 is 0 Å². The minimum absolute atomic E-state index is 0.193. The van der Waals surface area contributed by atoms with Crippen LogP contribution in [0.2, 0.25) is 0 Å². The minimum atomic E-state index is -4.18. The fourth-order valence-electron chi connectivity index (χ4n) is 2.46. The summed E-state index contributed by atoms with van der Waals surface area (Å²) in [4.78, 5) is 25.1. The van der Waals surface area contributed by atoms with Gasteiger partial charge in [-0.3, -0.25) is 19.2 Å². The van der Waals surface area contributed by atoms with Crippen LogP contribution in [0.25, 0.3) is 0 Å². The third-order valence-electron chi connectivity index (χ3n) is 3.68. The molecule has 3 rings (SSSR count). The van der Waals surface area contributed by atoms with Crippen molar-refractivity contribution < 1.29 is 26.8 Å². The average Bonchev–Trinajstić information content (AvgIpc) is 2.81. The fourth-order valence-corrected chi connectivity index (χ4v) is 3.49. The van der Waals surface area contributed by atoms with Crippen molar-refractivity contribution in [2.24, 2.45) is 0 Å². The summed E-state index contributed by atoms with van der Waals surface area (Å²) in [5.41, 5.74) is -0.416. The number of fused-ring (bicyclic) bond motifs is 1. The van der Waals surface area contributed by atoms with Crippen LogP contribution < -0.4 is 4.72 Å². The molecule has 0 saturated carbocycles. The minimum Gasteiger partial charge on any atom is -0.278 e. The second-order valence-corrected chi connectivity index (χ2v) is 7.17. The summed E-state index contributed by atoms with van der Waals surface area (Å²) in [5, 5.41) is 0. The Morgan fingerprint density at radius 1 is 0.880 bits per heavy atom. The maximum Gasteiger partial charge on any atom is 0.261 e. The zero-order valence-corrected chi connectivity index (χ0v) is 13.5. The van der Waals surface area contributed by atoms with Gasteiger partial charge in [0.15, 0.2) is 0 Å². The smallest absolute Gasteiger partial charge is 0.261 e. The van der Waals surface area contributed by atoms with Crippen molar-refractivity contribution in [3.8, 4) is 0 Å². The molecule has 0 radical (unpaired) electrons. The Kier molecular flexibility index (Phi) is 4.25. The van der Waals surface area contributed by atoms with Crippen LogP contribution in [-0.4, -0.2) is 37.4 Å². The van der Waals surface area contributed by atoms with Gasteiger partial charge in [-0.1, -0.05) is 18.2 Å². The molecule has 6 nitrogen and oxygen atoms in total. The summed E-state index contributed by atoms with van der Waals surface area (Å²) in [6, 6.07) is 9.03. The summed E-state index contributed by atoms with van der Waals surface area (Å²) in [6.45, 7) is -0.433. The molecule has 1 N–H and O–H groups in total. The van der Waals surface area contributed by atoms with Gasteiger partial charge in [0.1, 0.15) is 17.3 Å². The lowest BCUT2D eigenvalue weighted by Gasteiger charge is -2.15. The van der Waals surface area contributed by atoms with Gasteiger partial charge in [-0.25, -0.2) is 17.2 Å². The second-order valence-electron chi connectivity index (χ2n) is 5.33. The van der Waals surface area contributed by atoms with Gasteiger partial charge in [-0.2, -0.15) is 0 Å². The van der Waals surface area contributed by atoms with Gasteiger partial charge in [-0.05, 0) is 24.3 Å². The summed E-state index contributed by atoms with van der Waals surface area (Å²) in [5.74, 6) is -4.03. The van der Waals surface area contributed by atoms with E-state index in [9.17, 15) is 26.8 Å². The molecule has 25 heavy (non-hydrogen) atoms. The molecule has 1 aliphatic heterocycles. The number of hydrogen-bond donors (Lipinski definition) is 1. The molecule has 2 aromatic rings. The van der Waals surface area contributed by atoms with Crippen molar-refractivity contribution in [3.63, 3.8) is 0 Å². The molecule has 0 saturated heterocycles. The summed E-state index contributed by atoms with van der Waals surface area (Å²) in [7, 11) is -4.18. The normalized spacial score (nSPS) is 13.9. The molecule has 2 amide bonds. The summed E-state index contributed by atoms with van der Waals surface area (Å²) >= 11 is 0. The number of amides is 2. The van der Waals surface area contributed by atoms with E-state index >= 15 is 0 Å². The number of anilines is 1. The molecule has 0 aromatic heterocycles. The van der Waals surface area contributed by atoms with E-state index in [0.717, 1.165) is 23.1 Å². The van der Waals surface area contributed by atoms with Crippen molar-refractivity contribution in [2.45, 2.75) is 0 Å². The van der Waals surface area contributed by atoms with Crippen LogP contribution in [-0.2, 0) is 10.0 Å². The van der Waals surface area contributed by atoms with Crippen LogP contribution in [0.4, 0.5) is 14.5 Å². The lowest BCUT2D eigenvalue weighted by molar-refractivity contribution is 0.0664. The molecule has 0 fully saturated rings. The standard InChI is InChI=1S/C16H12F2N2O4S/c17-12-6-3-7-13(18)14(12)19-25(23,24)9-8-20-15(21)10-4-1-2-5-11(10)16(20)22/h1-7,19H,8-9H2. The molecular weight excluding hydrogens is 354 g/mol. The number of hydrogen-bond acceptors (Lipinski definition) is 4. The molecule has 1 aliphatic rings. The van der Waals surface area contributed by atoms with E-state index in [2.05, 4.69) is 0 Å². The Morgan fingerprint density at radius 3 is 1.92 bits per heavy atom. The topological polar surface area (TPSA) is 83.6 Å². The van der Waals surface area contributed by atoms with Crippen molar-refractivity contribution in [3.05, 3.63) is 65.2 Å². The van der Waals surface area contributed by atoms with E-state index in [1.54, 1.807) is 16.9 Å². The molecular formula is C16H12F2N2O4S. The molecule has 0 spiro atoms. The zero-order valence-electron chi connectivity index (χ0n) is 12.7. The number of nitrogens with one attached hydrogen (secondary N) is 1. The molecule has 0 unspecified atom stereocenters. The van der Waals surface area contributed by atoms with E-state index in [0.29, 0.717) is 0 Å². The lowest BCUT2D eigenvalue weighted by atomic mass is 10.1. The molecule has 2 aromatic carbocycles. The van der Waals surface area contributed by atoms with Crippen LogP contribution in [0, 0.1) is 11.6 Å². The van der Waals surface area contributed by atoms with E-state index in [-0.39, 0.29) is 11.1 Å². The predicted octanol–water partition coefficient (Wildman–Crippen LogP) is 2.00. The van der Waals surface area contributed by atoms with E-state index in [4.69, 9.17) is 0 Å². The highest BCUT2D eigenvalue weighted by atomic mass is 32.2. The van der Waals surface area contributed by atoms with Crippen LogP contribution in [0.15, 0.2) is 42.5 Å². The van der Waals surface area contributed by atoms with E-state index < -0.39 is 51.5 Å². The summed E-state index contributed by atoms with van der Waals surface area (Å²) < 4.78 is 53.0. The monoisotopic (exact) mass is 366 g/mol. The first kappa shape index (κ1) is 17.0. The van der Waals surface area contributed by atoms with Gasteiger partial charge in [0, 0.05) is 6.54 Å². The van der Waals surface area contributed by atoms with Crippen LogP contribution in [0.5, 0.6) is 0 Å². The maximum atomic E-state index is 13.5. The number of carbonyl (C=O) groups is 2. The number of imide groups is 1. The number of benzene rings is 2. The number of sulfonamides is 1. The lowest BCUT2D eigenvalue weighted by Crippen LogP contribution is -2.35. The fraction of sp³-hybridized carbons (Fsp3) is 0.125. The summed E-state index contributed by atoms with van der Waals surface area (Å²) in [6.07, 6.45) is 0.